The van der Waals surface area contributed by atoms with Gasteiger partial charge in [-0.3, -0.25) is 0 Å². The molecule has 0 spiro atoms. The fourth-order valence-electron chi connectivity index (χ4n) is 1.73. The maximum atomic E-state index is 9.05. The summed E-state index contributed by atoms with van der Waals surface area (Å²) >= 11 is 0. The highest BCUT2D eigenvalue weighted by atomic mass is 16.7. The highest BCUT2D eigenvalue weighted by Crippen LogP contribution is 2.13. The molecule has 1 heterocycles. The lowest BCUT2D eigenvalue weighted by molar-refractivity contribution is -0.0474. The van der Waals surface area contributed by atoms with Crippen LogP contribution in [0.3, 0.4) is 0 Å². The van der Waals surface area contributed by atoms with Crippen LogP contribution in [0.1, 0.15) is 39.0 Å². The maximum Gasteiger partial charge on any atom is 0.157 e. The van der Waals surface area contributed by atoms with E-state index >= 15 is 0 Å². The van der Waals surface area contributed by atoms with Crippen LogP contribution in [0.25, 0.3) is 0 Å². The third-order valence-electron chi connectivity index (χ3n) is 2.54. The number of rotatable bonds is 7. The first-order valence-corrected chi connectivity index (χ1v) is 5.88. The van der Waals surface area contributed by atoms with E-state index in [4.69, 9.17) is 14.6 Å². The zero-order chi connectivity index (χ0) is 10.9. The Balaban J connectivity index is 2.07. The Bertz CT molecular complexity index is 183. The van der Waals surface area contributed by atoms with E-state index in [9.17, 15) is 0 Å². The molecule has 0 unspecified atom stereocenters. The minimum absolute atomic E-state index is 0.0159. The Hall–Kier alpha value is -0.380. The fourth-order valence-corrected chi connectivity index (χ4v) is 1.73. The number of aliphatic hydroxyl groups excluding tert-OH is 1. The third-order valence-corrected chi connectivity index (χ3v) is 2.54. The molecule has 1 aliphatic heterocycles. The second kappa shape index (κ2) is 7.85. The summed E-state index contributed by atoms with van der Waals surface area (Å²) in [6.45, 7) is 3.80. The molecule has 0 saturated carbocycles. The van der Waals surface area contributed by atoms with Crippen molar-refractivity contribution < 1.29 is 14.6 Å². The van der Waals surface area contributed by atoms with Gasteiger partial charge in [-0.1, -0.05) is 19.4 Å². The van der Waals surface area contributed by atoms with E-state index in [-0.39, 0.29) is 12.9 Å². The SMILES string of the molecule is CCC/C(=C\CCCC1OCCO1)CO. The predicted molar refractivity (Wildman–Crippen MR) is 59.6 cm³/mol. The zero-order valence-electron chi connectivity index (χ0n) is 9.58. The van der Waals surface area contributed by atoms with E-state index in [1.54, 1.807) is 0 Å². The largest absolute Gasteiger partial charge is 0.392 e. The first kappa shape index (κ1) is 12.7. The van der Waals surface area contributed by atoms with Gasteiger partial charge in [0.15, 0.2) is 6.29 Å². The van der Waals surface area contributed by atoms with Gasteiger partial charge >= 0.3 is 0 Å². The van der Waals surface area contributed by atoms with Crippen molar-refractivity contribution in [3.63, 3.8) is 0 Å². The van der Waals surface area contributed by atoms with Crippen molar-refractivity contribution in [1.82, 2.24) is 0 Å². The van der Waals surface area contributed by atoms with Gasteiger partial charge in [-0.25, -0.2) is 0 Å². The van der Waals surface area contributed by atoms with Crippen LogP contribution in [0.5, 0.6) is 0 Å². The minimum atomic E-state index is 0.0159. The van der Waals surface area contributed by atoms with Gasteiger partial charge in [0.25, 0.3) is 0 Å². The van der Waals surface area contributed by atoms with Crippen molar-refractivity contribution >= 4 is 0 Å². The highest BCUT2D eigenvalue weighted by Gasteiger charge is 2.14. The molecule has 0 aromatic heterocycles. The molecule has 3 heteroatoms. The van der Waals surface area contributed by atoms with Crippen LogP contribution in [0.15, 0.2) is 11.6 Å². The number of unbranched alkanes of at least 4 members (excludes halogenated alkanes) is 1. The molecule has 0 radical (unpaired) electrons. The Morgan fingerprint density at radius 2 is 2.13 bits per heavy atom. The maximum absolute atomic E-state index is 9.05. The van der Waals surface area contributed by atoms with Crippen molar-refractivity contribution in [1.29, 1.82) is 0 Å². The zero-order valence-corrected chi connectivity index (χ0v) is 9.58. The van der Waals surface area contributed by atoms with E-state index in [2.05, 4.69) is 13.0 Å². The summed E-state index contributed by atoms with van der Waals surface area (Å²) in [5.41, 5.74) is 1.16. The molecule has 0 bridgehead atoms. The van der Waals surface area contributed by atoms with E-state index in [0.29, 0.717) is 0 Å². The number of ether oxygens (including phenoxy) is 2. The van der Waals surface area contributed by atoms with Crippen molar-refractivity contribution in [2.45, 2.75) is 45.3 Å². The van der Waals surface area contributed by atoms with Crippen molar-refractivity contribution in [3.8, 4) is 0 Å². The topological polar surface area (TPSA) is 38.7 Å². The summed E-state index contributed by atoms with van der Waals surface area (Å²) in [4.78, 5) is 0. The molecule has 1 N–H and O–H groups in total. The molecule has 15 heavy (non-hydrogen) atoms. The van der Waals surface area contributed by atoms with Gasteiger partial charge in [-0.15, -0.1) is 0 Å². The van der Waals surface area contributed by atoms with E-state index in [1.807, 2.05) is 0 Å². The Morgan fingerprint density at radius 1 is 1.40 bits per heavy atom. The molecule has 0 aromatic carbocycles. The summed E-state index contributed by atoms with van der Waals surface area (Å²) in [6.07, 6.45) is 7.31. The van der Waals surface area contributed by atoms with Crippen LogP contribution in [0.2, 0.25) is 0 Å². The highest BCUT2D eigenvalue weighted by molar-refractivity contribution is 5.01. The van der Waals surface area contributed by atoms with Gasteiger partial charge < -0.3 is 14.6 Å². The molecule has 0 amide bonds. The summed E-state index contributed by atoms with van der Waals surface area (Å²) in [5, 5.41) is 9.05. The van der Waals surface area contributed by atoms with Crippen LogP contribution in [-0.2, 0) is 9.47 Å². The number of aliphatic hydroxyl groups is 1. The van der Waals surface area contributed by atoms with Crippen LogP contribution in [-0.4, -0.2) is 31.2 Å². The predicted octanol–water partition coefficient (Wildman–Crippen LogP) is 2.25. The smallest absolute Gasteiger partial charge is 0.157 e. The molecule has 88 valence electrons. The molecule has 1 rings (SSSR count). The summed E-state index contributed by atoms with van der Waals surface area (Å²) in [6, 6.07) is 0. The van der Waals surface area contributed by atoms with Crippen LogP contribution in [0, 0.1) is 0 Å². The van der Waals surface area contributed by atoms with Crippen molar-refractivity contribution in [2.75, 3.05) is 19.8 Å². The lowest BCUT2D eigenvalue weighted by atomic mass is 10.1. The molecule has 0 aromatic rings. The minimum Gasteiger partial charge on any atom is -0.392 e. The average Bonchev–Trinajstić information content (AvgIpc) is 2.75. The van der Waals surface area contributed by atoms with Gasteiger partial charge in [-0.2, -0.15) is 0 Å². The summed E-state index contributed by atoms with van der Waals surface area (Å²) in [5.74, 6) is 0. The van der Waals surface area contributed by atoms with Gasteiger partial charge in [-0.05, 0) is 31.3 Å². The van der Waals surface area contributed by atoms with E-state index < -0.39 is 0 Å². The number of hydrogen-bond donors (Lipinski definition) is 1. The second-order valence-electron chi connectivity index (χ2n) is 3.87. The summed E-state index contributed by atoms with van der Waals surface area (Å²) in [7, 11) is 0. The lowest BCUT2D eigenvalue weighted by Gasteiger charge is -2.07. The van der Waals surface area contributed by atoms with Crippen molar-refractivity contribution in [3.05, 3.63) is 11.6 Å². The second-order valence-corrected chi connectivity index (χ2v) is 3.87. The molecule has 0 aliphatic carbocycles. The first-order valence-electron chi connectivity index (χ1n) is 5.88. The molecule has 3 nitrogen and oxygen atoms in total. The first-order chi connectivity index (χ1) is 7.36. The molecule has 1 aliphatic rings. The monoisotopic (exact) mass is 214 g/mol. The molecule has 1 fully saturated rings. The Labute approximate surface area is 92.1 Å². The fraction of sp³-hybridized carbons (Fsp3) is 0.833. The standard InChI is InChI=1S/C12H22O3/c1-2-5-11(10-13)6-3-4-7-12-14-8-9-15-12/h6,12-13H,2-5,7-10H2,1H3/b11-6+. The average molecular weight is 214 g/mol. The molecule has 1 saturated heterocycles. The molecule has 0 atom stereocenters. The van der Waals surface area contributed by atoms with Gasteiger partial charge in [0.1, 0.15) is 0 Å². The van der Waals surface area contributed by atoms with Gasteiger partial charge in [0.2, 0.25) is 0 Å². The normalized spacial score (nSPS) is 18.7. The number of allylic oxidation sites excluding steroid dienone is 1. The Morgan fingerprint density at radius 3 is 2.73 bits per heavy atom. The molecular formula is C12H22O3. The van der Waals surface area contributed by atoms with Crippen LogP contribution >= 0.6 is 0 Å². The van der Waals surface area contributed by atoms with Gasteiger partial charge in [0.05, 0.1) is 19.8 Å². The Kier molecular flexibility index (Phi) is 6.64. The third kappa shape index (κ3) is 5.30. The molecular weight excluding hydrogens is 192 g/mol. The van der Waals surface area contributed by atoms with E-state index in [1.165, 1.54) is 0 Å². The summed E-state index contributed by atoms with van der Waals surface area (Å²) < 4.78 is 10.7. The lowest BCUT2D eigenvalue weighted by Crippen LogP contribution is -2.06. The number of hydrogen-bond acceptors (Lipinski definition) is 3. The quantitative estimate of drug-likeness (QED) is 0.522. The van der Waals surface area contributed by atoms with Gasteiger partial charge in [0, 0.05) is 0 Å². The van der Waals surface area contributed by atoms with Crippen LogP contribution in [0.4, 0.5) is 0 Å². The van der Waals surface area contributed by atoms with E-state index in [0.717, 1.165) is 50.9 Å². The van der Waals surface area contributed by atoms with Crippen molar-refractivity contribution in [2.24, 2.45) is 0 Å². The van der Waals surface area contributed by atoms with Crippen LogP contribution < -0.4 is 0 Å².